The van der Waals surface area contributed by atoms with E-state index in [1.165, 1.54) is 6.07 Å². The van der Waals surface area contributed by atoms with Crippen molar-refractivity contribution in [3.8, 4) is 0 Å². The lowest BCUT2D eigenvalue weighted by molar-refractivity contribution is -0.145. The minimum Gasteiger partial charge on any atom is -0.465 e. The molecule has 0 spiro atoms. The summed E-state index contributed by atoms with van der Waals surface area (Å²) in [4.78, 5) is 12.1. The second kappa shape index (κ2) is 7.36. The summed E-state index contributed by atoms with van der Waals surface area (Å²) in [7, 11) is -3.81. The number of nitrogens with one attached hydrogen (secondary N) is 1. The van der Waals surface area contributed by atoms with Crippen molar-refractivity contribution in [1.29, 1.82) is 0 Å². The topological polar surface area (TPSA) is 72.5 Å². The van der Waals surface area contributed by atoms with Crippen LogP contribution in [-0.4, -0.2) is 21.0 Å². The quantitative estimate of drug-likeness (QED) is 0.752. The fraction of sp³-hybridized carbons (Fsp3) is 0.214. The average molecular weight is 404 g/mol. The molecule has 2 aromatic rings. The summed E-state index contributed by atoms with van der Waals surface area (Å²) in [5.41, 5.74) is 0.528. The van der Waals surface area contributed by atoms with Crippen molar-refractivity contribution in [1.82, 2.24) is 4.72 Å². The molecule has 0 aliphatic heterocycles. The molecule has 5 nitrogen and oxygen atoms in total. The lowest BCUT2D eigenvalue weighted by Gasteiger charge is -2.17. The van der Waals surface area contributed by atoms with Gasteiger partial charge in [-0.25, -0.2) is 13.2 Å². The van der Waals surface area contributed by atoms with Gasteiger partial charge in [0.2, 0.25) is 0 Å². The van der Waals surface area contributed by atoms with E-state index in [0.717, 1.165) is 11.3 Å². The summed E-state index contributed by atoms with van der Waals surface area (Å²) in [5, 5.41) is 0. The Bertz CT molecular complexity index is 743. The van der Waals surface area contributed by atoms with E-state index in [2.05, 4.69) is 20.7 Å². The Labute approximate surface area is 141 Å². The molecule has 1 heterocycles. The number of carbonyl (C=O) groups is 1. The van der Waals surface area contributed by atoms with Crippen molar-refractivity contribution in [2.45, 2.75) is 17.2 Å². The van der Waals surface area contributed by atoms with Gasteiger partial charge in [0, 0.05) is 0 Å². The van der Waals surface area contributed by atoms with Gasteiger partial charge in [-0.05, 0) is 40.5 Å². The first-order valence-electron chi connectivity index (χ1n) is 6.43. The second-order valence-electron chi connectivity index (χ2n) is 4.28. The molecule has 0 aliphatic carbocycles. The van der Waals surface area contributed by atoms with Gasteiger partial charge in [-0.3, -0.25) is 0 Å². The molecule has 0 saturated carbocycles. The van der Waals surface area contributed by atoms with Gasteiger partial charge in [0.05, 0.1) is 10.4 Å². The summed E-state index contributed by atoms with van der Waals surface area (Å²) < 4.78 is 33.0. The van der Waals surface area contributed by atoms with E-state index in [4.69, 9.17) is 4.74 Å². The zero-order valence-electron chi connectivity index (χ0n) is 11.7. The summed E-state index contributed by atoms with van der Waals surface area (Å²) in [6, 6.07) is 10.6. The number of halogens is 1. The minimum absolute atomic E-state index is 0.129. The van der Waals surface area contributed by atoms with Gasteiger partial charge in [-0.1, -0.05) is 30.3 Å². The highest BCUT2D eigenvalue weighted by Gasteiger charge is 2.29. The molecule has 118 valence electrons. The molecule has 8 heteroatoms. The van der Waals surface area contributed by atoms with Crippen molar-refractivity contribution in [2.24, 2.45) is 0 Å². The van der Waals surface area contributed by atoms with Crippen LogP contribution in [0.3, 0.4) is 0 Å². The summed E-state index contributed by atoms with van der Waals surface area (Å²) in [5.74, 6) is -0.632. The molecule has 1 aromatic carbocycles. The number of carbonyl (C=O) groups excluding carboxylic acids is 1. The number of ether oxygens (including phenoxy) is 1. The van der Waals surface area contributed by atoms with Crippen LogP contribution in [0.25, 0.3) is 0 Å². The van der Waals surface area contributed by atoms with Gasteiger partial charge in [0.15, 0.2) is 0 Å². The Morgan fingerprint density at radius 1 is 1.27 bits per heavy atom. The Morgan fingerprint density at radius 2 is 1.95 bits per heavy atom. The van der Waals surface area contributed by atoms with Crippen LogP contribution >= 0.6 is 27.3 Å². The Morgan fingerprint density at radius 3 is 2.50 bits per heavy atom. The monoisotopic (exact) mass is 403 g/mol. The van der Waals surface area contributed by atoms with Gasteiger partial charge in [-0.2, -0.15) is 4.72 Å². The normalized spacial score (nSPS) is 12.8. The third-order valence-corrected chi connectivity index (χ3v) is 6.28. The highest BCUT2D eigenvalue weighted by molar-refractivity contribution is 9.11. The SMILES string of the molecule is CCOC(=O)C(NS(=O)(=O)c1ccc(Br)s1)c1ccccc1. The first-order valence-corrected chi connectivity index (χ1v) is 9.52. The molecule has 0 aliphatic rings. The molecule has 1 unspecified atom stereocenters. The molecule has 2 rings (SSSR count). The van der Waals surface area contributed by atoms with Crippen LogP contribution in [0.4, 0.5) is 0 Å². The molecule has 0 amide bonds. The number of thiophene rings is 1. The smallest absolute Gasteiger partial charge is 0.328 e. The number of esters is 1. The fourth-order valence-electron chi connectivity index (χ4n) is 1.78. The van der Waals surface area contributed by atoms with Crippen molar-refractivity contribution >= 4 is 43.3 Å². The van der Waals surface area contributed by atoms with Crippen LogP contribution < -0.4 is 4.72 Å². The van der Waals surface area contributed by atoms with E-state index in [1.54, 1.807) is 43.3 Å². The van der Waals surface area contributed by atoms with Gasteiger partial charge >= 0.3 is 5.97 Å². The minimum atomic E-state index is -3.81. The van der Waals surface area contributed by atoms with E-state index < -0.39 is 22.0 Å². The molecule has 1 N–H and O–H groups in total. The maximum atomic E-state index is 12.4. The predicted molar refractivity (Wildman–Crippen MR) is 88.2 cm³/mol. The van der Waals surface area contributed by atoms with Crippen LogP contribution in [0.1, 0.15) is 18.5 Å². The summed E-state index contributed by atoms with van der Waals surface area (Å²) >= 11 is 4.30. The van der Waals surface area contributed by atoms with E-state index in [1.807, 2.05) is 0 Å². The maximum Gasteiger partial charge on any atom is 0.328 e. The molecule has 22 heavy (non-hydrogen) atoms. The number of sulfonamides is 1. The number of benzene rings is 1. The predicted octanol–water partition coefficient (Wildman–Crippen LogP) is 3.09. The zero-order chi connectivity index (χ0) is 16.2. The molecule has 0 bridgehead atoms. The summed E-state index contributed by atoms with van der Waals surface area (Å²) in [6.07, 6.45) is 0. The van der Waals surface area contributed by atoms with Gasteiger partial charge in [0.1, 0.15) is 10.3 Å². The first-order chi connectivity index (χ1) is 10.4. The maximum absolute atomic E-state index is 12.4. The lowest BCUT2D eigenvalue weighted by atomic mass is 10.1. The average Bonchev–Trinajstić information content (AvgIpc) is 2.93. The third-order valence-electron chi connectivity index (χ3n) is 2.74. The van der Waals surface area contributed by atoms with E-state index in [9.17, 15) is 13.2 Å². The second-order valence-corrected chi connectivity index (χ2v) is 8.68. The third kappa shape index (κ3) is 4.16. The van der Waals surface area contributed by atoms with E-state index in [0.29, 0.717) is 9.35 Å². The fourth-order valence-corrected chi connectivity index (χ4v) is 4.98. The van der Waals surface area contributed by atoms with Crippen LogP contribution in [0, 0.1) is 0 Å². The highest BCUT2D eigenvalue weighted by Crippen LogP contribution is 2.27. The molecule has 0 fully saturated rings. The molecular formula is C14H14BrNO4S2. The Kier molecular flexibility index (Phi) is 5.74. The van der Waals surface area contributed by atoms with Crippen LogP contribution in [-0.2, 0) is 19.6 Å². The Balaban J connectivity index is 2.32. The molecule has 1 atom stereocenters. The van der Waals surface area contributed by atoms with Gasteiger partial charge in [0.25, 0.3) is 10.0 Å². The Hall–Kier alpha value is -1.22. The summed E-state index contributed by atoms with van der Waals surface area (Å²) in [6.45, 7) is 1.85. The van der Waals surface area contributed by atoms with Crippen LogP contribution in [0.5, 0.6) is 0 Å². The standard InChI is InChI=1S/C14H14BrNO4S2/c1-2-20-14(17)13(10-6-4-3-5-7-10)16-22(18,19)12-9-8-11(15)21-12/h3-9,13,16H,2H2,1H3. The van der Waals surface area contributed by atoms with Crippen molar-refractivity contribution < 1.29 is 17.9 Å². The molecule has 0 radical (unpaired) electrons. The van der Waals surface area contributed by atoms with Crippen molar-refractivity contribution in [3.63, 3.8) is 0 Å². The van der Waals surface area contributed by atoms with Gasteiger partial charge < -0.3 is 4.74 Å². The van der Waals surface area contributed by atoms with Crippen LogP contribution in [0.15, 0.2) is 50.5 Å². The number of hydrogen-bond donors (Lipinski definition) is 1. The molecule has 1 aromatic heterocycles. The first kappa shape index (κ1) is 17.1. The van der Waals surface area contributed by atoms with Crippen molar-refractivity contribution in [3.05, 3.63) is 51.8 Å². The number of rotatable bonds is 6. The molecule has 0 saturated heterocycles. The highest BCUT2D eigenvalue weighted by atomic mass is 79.9. The lowest BCUT2D eigenvalue weighted by Crippen LogP contribution is -2.34. The van der Waals surface area contributed by atoms with Gasteiger partial charge in [-0.15, -0.1) is 11.3 Å². The largest absolute Gasteiger partial charge is 0.465 e. The molecular weight excluding hydrogens is 390 g/mol. The van der Waals surface area contributed by atoms with Crippen LogP contribution in [0.2, 0.25) is 0 Å². The van der Waals surface area contributed by atoms with Crippen molar-refractivity contribution in [2.75, 3.05) is 6.61 Å². The number of hydrogen-bond acceptors (Lipinski definition) is 5. The zero-order valence-corrected chi connectivity index (χ0v) is 14.9. The van der Waals surface area contributed by atoms with E-state index >= 15 is 0 Å². The van der Waals surface area contributed by atoms with E-state index in [-0.39, 0.29) is 10.8 Å².